The minimum absolute atomic E-state index is 0.0992. The predicted octanol–water partition coefficient (Wildman–Crippen LogP) is 14.1. The molecule has 70 heavy (non-hydrogen) atoms. The molecule has 10 nitrogen and oxygen atoms in total. The number of hydrogen-bond donors (Lipinski definition) is 1. The lowest BCUT2D eigenvalue weighted by molar-refractivity contribution is -0.0387. The van der Waals surface area contributed by atoms with Crippen molar-refractivity contribution in [2.45, 2.75) is 64.3 Å². The lowest BCUT2D eigenvalue weighted by Gasteiger charge is -2.39. The molecule has 1 heterocycles. The van der Waals surface area contributed by atoms with E-state index in [0.29, 0.717) is 13.0 Å². The summed E-state index contributed by atoms with van der Waals surface area (Å²) in [5.74, 6) is 3.02. The molecule has 0 amide bonds. The molecular weight excluding hydrogens is 892 g/mol. The lowest BCUT2D eigenvalue weighted by Crippen LogP contribution is -2.38. The average Bonchev–Trinajstić information content (AvgIpc) is 3.85. The van der Waals surface area contributed by atoms with Crippen LogP contribution in [-0.4, -0.2) is 66.9 Å². The van der Waals surface area contributed by atoms with E-state index in [1.807, 2.05) is 54.6 Å². The first-order valence-corrected chi connectivity index (χ1v) is 25.0. The number of H-pyrrole nitrogens is 1. The van der Waals surface area contributed by atoms with Crippen LogP contribution < -0.4 is 14.2 Å². The number of nitrogens with zero attached hydrogens (tertiary/aromatic N) is 3. The molecule has 0 radical (unpaired) electrons. The van der Waals surface area contributed by atoms with Gasteiger partial charge in [-0.25, -0.2) is 9.65 Å². The molecule has 1 aromatic heterocycles. The number of aromatic nitrogens is 2. The number of rotatable bonds is 21. The molecule has 0 spiro atoms. The molecule has 0 aliphatic heterocycles. The van der Waals surface area contributed by atoms with E-state index < -0.39 is 20.2 Å². The smallest absolute Gasteiger partial charge is 0.259 e. The molecule has 0 saturated heterocycles. The maximum absolute atomic E-state index is 9.54. The molecule has 2 atom stereocenters. The molecule has 9 aromatic rings. The monoisotopic (exact) mass is 950 g/mol. The van der Waals surface area contributed by atoms with Crippen molar-refractivity contribution in [3.63, 3.8) is 0 Å². The van der Waals surface area contributed by atoms with E-state index in [1.165, 1.54) is 10.8 Å². The lowest BCUT2D eigenvalue weighted by atomic mass is 9.80. The third-order valence-corrected chi connectivity index (χ3v) is 15.0. The first-order chi connectivity index (χ1) is 34.2. The number of hydrogen-bond acceptors (Lipinski definition) is 9. The number of benzene rings is 8. The maximum atomic E-state index is 9.54. The Kier molecular flexibility index (Phi) is 15.0. The summed E-state index contributed by atoms with van der Waals surface area (Å²) in [6.07, 6.45) is 0.186. The minimum atomic E-state index is -1.64. The molecule has 0 aliphatic rings. The molecule has 1 N–H and O–H groups in total. The standard InChI is InChI=1S/C59H59N4O6P/c1-40(2)63(41(3)4)70(68-37-16-36-60)69-47(39-67-59(42-17-8-7-9-18-42,43-25-29-45(64-5)30-26-43)44-27-31-46(65-6)32-28-44)35-38-66-55-34-33-54(50-21-10-13-22-51(50)55)58-61-56-52-23-14-11-19-48(52)49-20-12-15-24-53(49)57(56)62-58/h7-15,17-34,40-41,47H,16,35,37-39H2,1-6H3,(H,61,62)/t47-,70?/m0/s1. The Morgan fingerprint density at radius 1 is 0.614 bits per heavy atom. The van der Waals surface area contributed by atoms with Crippen LogP contribution in [0, 0.1) is 11.3 Å². The van der Waals surface area contributed by atoms with Crippen LogP contribution in [0.25, 0.3) is 54.7 Å². The third kappa shape index (κ3) is 9.82. The van der Waals surface area contributed by atoms with Gasteiger partial charge in [-0.1, -0.05) is 127 Å². The van der Waals surface area contributed by atoms with Gasteiger partial charge in [0.15, 0.2) is 0 Å². The van der Waals surface area contributed by atoms with Crippen molar-refractivity contribution in [3.8, 4) is 34.7 Å². The quantitative estimate of drug-likeness (QED) is 0.0326. The zero-order valence-electron chi connectivity index (χ0n) is 40.6. The van der Waals surface area contributed by atoms with Crippen molar-refractivity contribution < 1.29 is 28.0 Å². The van der Waals surface area contributed by atoms with Crippen molar-refractivity contribution in [1.82, 2.24) is 14.6 Å². The first-order valence-electron chi connectivity index (χ1n) is 23.9. The Bertz CT molecular complexity index is 3100. The van der Waals surface area contributed by atoms with Gasteiger partial charge < -0.3 is 33.0 Å². The van der Waals surface area contributed by atoms with Gasteiger partial charge in [0.2, 0.25) is 0 Å². The van der Waals surface area contributed by atoms with Gasteiger partial charge in [0.1, 0.15) is 28.7 Å². The van der Waals surface area contributed by atoms with E-state index >= 15 is 0 Å². The SMILES string of the molecule is COc1ccc(C(OC[C@H](CCOc2ccc(-c3nc4c5ccccc5c5ccccc5c4[nH]3)c3ccccc23)OP(OCCC#N)N(C(C)C)C(C)C)(c2ccccc2)c2ccc(OC)cc2)cc1. The van der Waals surface area contributed by atoms with Gasteiger partial charge in [-0.05, 0) is 96.9 Å². The third-order valence-electron chi connectivity index (χ3n) is 12.8. The van der Waals surface area contributed by atoms with Gasteiger partial charge in [-0.15, -0.1) is 0 Å². The van der Waals surface area contributed by atoms with Gasteiger partial charge in [0, 0.05) is 40.2 Å². The van der Waals surface area contributed by atoms with E-state index in [9.17, 15) is 5.26 Å². The van der Waals surface area contributed by atoms with Crippen LogP contribution in [0.5, 0.6) is 17.2 Å². The molecule has 8 aromatic carbocycles. The van der Waals surface area contributed by atoms with E-state index in [4.69, 9.17) is 33.0 Å². The minimum Gasteiger partial charge on any atom is -0.497 e. The van der Waals surface area contributed by atoms with Gasteiger partial charge in [-0.2, -0.15) is 5.26 Å². The van der Waals surface area contributed by atoms with Crippen molar-refractivity contribution in [2.75, 3.05) is 34.0 Å². The number of aromatic amines is 1. The summed E-state index contributed by atoms with van der Waals surface area (Å²) < 4.78 is 41.4. The maximum Gasteiger partial charge on any atom is 0.259 e. The Balaban J connectivity index is 1.07. The van der Waals surface area contributed by atoms with Crippen LogP contribution in [0.15, 0.2) is 164 Å². The van der Waals surface area contributed by atoms with Gasteiger partial charge in [-0.3, -0.25) is 0 Å². The zero-order chi connectivity index (χ0) is 48.6. The van der Waals surface area contributed by atoms with E-state index in [2.05, 4.69) is 153 Å². The zero-order valence-corrected chi connectivity index (χ0v) is 41.5. The highest BCUT2D eigenvalue weighted by molar-refractivity contribution is 7.44. The molecule has 0 bridgehead atoms. The van der Waals surface area contributed by atoms with Crippen molar-refractivity contribution >= 4 is 51.9 Å². The highest BCUT2D eigenvalue weighted by atomic mass is 31.2. The number of imidazole rings is 1. The fourth-order valence-electron chi connectivity index (χ4n) is 9.54. The molecule has 1 unspecified atom stereocenters. The summed E-state index contributed by atoms with van der Waals surface area (Å²) in [5, 5.41) is 16.2. The van der Waals surface area contributed by atoms with Crippen LogP contribution in [-0.2, 0) is 19.4 Å². The summed E-state index contributed by atoms with van der Waals surface area (Å²) >= 11 is 0. The topological polar surface area (TPSA) is 111 Å². The van der Waals surface area contributed by atoms with Crippen LogP contribution in [0.4, 0.5) is 0 Å². The number of methoxy groups -OCH3 is 2. The Hall–Kier alpha value is -6.83. The highest BCUT2D eigenvalue weighted by Gasteiger charge is 2.40. The average molecular weight is 951 g/mol. The summed E-state index contributed by atoms with van der Waals surface area (Å²) in [6.45, 7) is 9.27. The van der Waals surface area contributed by atoms with Gasteiger partial charge >= 0.3 is 0 Å². The second kappa shape index (κ2) is 21.9. The van der Waals surface area contributed by atoms with Crippen LogP contribution in [0.1, 0.15) is 57.2 Å². The Labute approximate surface area is 411 Å². The van der Waals surface area contributed by atoms with Crippen LogP contribution in [0.3, 0.4) is 0 Å². The Morgan fingerprint density at radius 2 is 1.16 bits per heavy atom. The van der Waals surface area contributed by atoms with E-state index in [-0.39, 0.29) is 31.7 Å². The second-order valence-corrected chi connectivity index (χ2v) is 19.2. The number of fused-ring (bicyclic) bond motifs is 7. The number of nitrogens with one attached hydrogen (secondary N) is 1. The fourth-order valence-corrected chi connectivity index (χ4v) is 11.3. The van der Waals surface area contributed by atoms with Crippen molar-refractivity contribution in [2.24, 2.45) is 0 Å². The largest absolute Gasteiger partial charge is 0.497 e. The Morgan fingerprint density at radius 3 is 1.76 bits per heavy atom. The number of ether oxygens (including phenoxy) is 4. The fraction of sp³-hybridized carbons (Fsp3) is 0.254. The summed E-state index contributed by atoms with van der Waals surface area (Å²) in [4.78, 5) is 9.00. The normalized spacial score (nSPS) is 12.9. The molecular formula is C59H59N4O6P. The van der Waals surface area contributed by atoms with Gasteiger partial charge in [0.25, 0.3) is 8.53 Å². The van der Waals surface area contributed by atoms with Crippen molar-refractivity contribution in [3.05, 3.63) is 180 Å². The summed E-state index contributed by atoms with van der Waals surface area (Å²) in [5.41, 5.74) is 4.63. The molecule has 356 valence electrons. The summed E-state index contributed by atoms with van der Waals surface area (Å²) in [6, 6.07) is 58.2. The predicted molar refractivity (Wildman–Crippen MR) is 283 cm³/mol. The molecule has 0 fully saturated rings. The van der Waals surface area contributed by atoms with Crippen LogP contribution >= 0.6 is 8.53 Å². The van der Waals surface area contributed by atoms with Crippen LogP contribution in [0.2, 0.25) is 0 Å². The second-order valence-electron chi connectivity index (χ2n) is 17.8. The van der Waals surface area contributed by atoms with Gasteiger partial charge in [0.05, 0.1) is 63.7 Å². The van der Waals surface area contributed by atoms with E-state index in [1.54, 1.807) is 14.2 Å². The summed E-state index contributed by atoms with van der Waals surface area (Å²) in [7, 11) is 1.70. The molecule has 9 rings (SSSR count). The molecule has 11 heteroatoms. The van der Waals surface area contributed by atoms with Crippen molar-refractivity contribution in [1.29, 1.82) is 5.26 Å². The van der Waals surface area contributed by atoms with E-state index in [0.717, 1.165) is 77.9 Å². The molecule has 0 aliphatic carbocycles. The molecule has 0 saturated carbocycles. The first kappa shape index (κ1) is 48.2. The number of nitriles is 1. The highest BCUT2D eigenvalue weighted by Crippen LogP contribution is 2.49.